The third-order valence-electron chi connectivity index (χ3n) is 3.04. The number of halogens is 1. The monoisotopic (exact) mass is 287 g/mol. The van der Waals surface area contributed by atoms with E-state index in [2.05, 4.69) is 4.98 Å². The van der Waals surface area contributed by atoms with Crippen LogP contribution in [0.3, 0.4) is 0 Å². The van der Waals surface area contributed by atoms with Crippen LogP contribution in [0.15, 0.2) is 40.8 Å². The standard InChI is InChI=1S/C15H10FNO4/c1-20-12-7-8(5-6-10(12)16)14-17-11-4-2-3-9(15(18)19)13(11)21-14/h2-7H,1H3,(H,18,19). The number of benzene rings is 2. The summed E-state index contributed by atoms with van der Waals surface area (Å²) in [7, 11) is 1.36. The Balaban J connectivity index is 2.17. The number of aromatic nitrogens is 1. The fraction of sp³-hybridized carbons (Fsp3) is 0.0667. The van der Waals surface area contributed by atoms with Gasteiger partial charge in [0.25, 0.3) is 0 Å². The maximum atomic E-state index is 13.4. The van der Waals surface area contributed by atoms with E-state index in [0.29, 0.717) is 11.1 Å². The Morgan fingerprint density at radius 3 is 2.86 bits per heavy atom. The number of carbonyl (C=O) groups is 1. The molecule has 0 fully saturated rings. The summed E-state index contributed by atoms with van der Waals surface area (Å²) in [6, 6.07) is 8.84. The summed E-state index contributed by atoms with van der Waals surface area (Å²) < 4.78 is 23.8. The van der Waals surface area contributed by atoms with Crippen molar-refractivity contribution in [2.24, 2.45) is 0 Å². The number of methoxy groups -OCH3 is 1. The van der Waals surface area contributed by atoms with Gasteiger partial charge in [-0.3, -0.25) is 0 Å². The molecule has 0 spiro atoms. The molecule has 5 nitrogen and oxygen atoms in total. The van der Waals surface area contributed by atoms with Gasteiger partial charge in [0, 0.05) is 5.56 Å². The van der Waals surface area contributed by atoms with Crippen molar-refractivity contribution in [2.45, 2.75) is 0 Å². The van der Waals surface area contributed by atoms with E-state index in [1.54, 1.807) is 12.1 Å². The minimum atomic E-state index is -1.10. The van der Waals surface area contributed by atoms with Crippen molar-refractivity contribution >= 4 is 17.1 Å². The van der Waals surface area contributed by atoms with Gasteiger partial charge >= 0.3 is 5.97 Å². The van der Waals surface area contributed by atoms with Gasteiger partial charge in [0.15, 0.2) is 17.1 Å². The lowest BCUT2D eigenvalue weighted by atomic mass is 10.2. The van der Waals surface area contributed by atoms with Crippen LogP contribution in [-0.4, -0.2) is 23.2 Å². The van der Waals surface area contributed by atoms with Crippen LogP contribution in [0, 0.1) is 5.82 Å². The molecule has 0 aliphatic rings. The third kappa shape index (κ3) is 2.20. The summed E-state index contributed by atoms with van der Waals surface area (Å²) in [6.45, 7) is 0. The molecule has 1 heterocycles. The maximum Gasteiger partial charge on any atom is 0.339 e. The molecule has 0 radical (unpaired) electrons. The number of hydrogen-bond acceptors (Lipinski definition) is 4. The van der Waals surface area contributed by atoms with Gasteiger partial charge in [-0.25, -0.2) is 14.2 Å². The van der Waals surface area contributed by atoms with E-state index in [4.69, 9.17) is 14.3 Å². The van der Waals surface area contributed by atoms with Gasteiger partial charge in [0.2, 0.25) is 5.89 Å². The fourth-order valence-corrected chi connectivity index (χ4v) is 2.03. The van der Waals surface area contributed by atoms with Gasteiger partial charge in [0.1, 0.15) is 11.1 Å². The lowest BCUT2D eigenvalue weighted by molar-refractivity contribution is 0.0698. The molecule has 0 atom stereocenters. The van der Waals surface area contributed by atoms with E-state index < -0.39 is 11.8 Å². The van der Waals surface area contributed by atoms with E-state index >= 15 is 0 Å². The second-order valence-electron chi connectivity index (χ2n) is 4.33. The number of hydrogen-bond donors (Lipinski definition) is 1. The molecule has 0 saturated carbocycles. The zero-order valence-electron chi connectivity index (χ0n) is 11.0. The first-order valence-electron chi connectivity index (χ1n) is 6.07. The number of oxazole rings is 1. The number of fused-ring (bicyclic) bond motifs is 1. The molecule has 0 amide bonds. The number of para-hydroxylation sites is 1. The van der Waals surface area contributed by atoms with Crippen LogP contribution < -0.4 is 4.74 Å². The third-order valence-corrected chi connectivity index (χ3v) is 3.04. The van der Waals surface area contributed by atoms with E-state index in [9.17, 15) is 9.18 Å². The molecule has 1 aromatic heterocycles. The molecule has 6 heteroatoms. The van der Waals surface area contributed by atoms with Crippen LogP contribution in [0.1, 0.15) is 10.4 Å². The number of aromatic carboxylic acids is 1. The summed E-state index contributed by atoms with van der Waals surface area (Å²) in [5, 5.41) is 9.12. The zero-order valence-corrected chi connectivity index (χ0v) is 11.0. The molecule has 2 aromatic carbocycles. The lowest BCUT2D eigenvalue weighted by Crippen LogP contribution is -1.95. The second-order valence-corrected chi connectivity index (χ2v) is 4.33. The highest BCUT2D eigenvalue weighted by molar-refractivity contribution is 6.00. The van der Waals surface area contributed by atoms with Crippen molar-refractivity contribution < 1.29 is 23.4 Å². The summed E-state index contributed by atoms with van der Waals surface area (Å²) in [6.07, 6.45) is 0. The summed E-state index contributed by atoms with van der Waals surface area (Å²) in [5.74, 6) is -1.33. The van der Waals surface area contributed by atoms with Crippen molar-refractivity contribution in [3.8, 4) is 17.2 Å². The SMILES string of the molecule is COc1cc(-c2nc3cccc(C(=O)O)c3o2)ccc1F. The number of nitrogens with zero attached hydrogens (tertiary/aromatic N) is 1. The van der Waals surface area contributed by atoms with Crippen LogP contribution in [0.5, 0.6) is 5.75 Å². The van der Waals surface area contributed by atoms with Crippen molar-refractivity contribution in [3.63, 3.8) is 0 Å². The average Bonchev–Trinajstić information content (AvgIpc) is 2.91. The quantitative estimate of drug-likeness (QED) is 0.799. The molecular weight excluding hydrogens is 277 g/mol. The Bertz CT molecular complexity index is 841. The fourth-order valence-electron chi connectivity index (χ4n) is 2.03. The Morgan fingerprint density at radius 1 is 1.33 bits per heavy atom. The molecule has 21 heavy (non-hydrogen) atoms. The Hall–Kier alpha value is -2.89. The second kappa shape index (κ2) is 4.90. The summed E-state index contributed by atoms with van der Waals surface area (Å²) in [5.41, 5.74) is 1.14. The molecule has 0 aliphatic heterocycles. The topological polar surface area (TPSA) is 72.6 Å². The average molecular weight is 287 g/mol. The zero-order chi connectivity index (χ0) is 15.0. The molecule has 0 aliphatic carbocycles. The highest BCUT2D eigenvalue weighted by Gasteiger charge is 2.16. The smallest absolute Gasteiger partial charge is 0.339 e. The number of ether oxygens (including phenoxy) is 1. The minimum absolute atomic E-state index is 0.0281. The normalized spacial score (nSPS) is 10.8. The highest BCUT2D eigenvalue weighted by atomic mass is 19.1. The molecule has 1 N–H and O–H groups in total. The molecular formula is C15H10FNO4. The Kier molecular flexibility index (Phi) is 3.06. The van der Waals surface area contributed by atoms with E-state index in [1.165, 1.54) is 31.4 Å². The lowest BCUT2D eigenvalue weighted by Gasteiger charge is -2.02. The summed E-state index contributed by atoms with van der Waals surface area (Å²) >= 11 is 0. The number of rotatable bonds is 3. The number of carboxylic acids is 1. The highest BCUT2D eigenvalue weighted by Crippen LogP contribution is 2.29. The first-order chi connectivity index (χ1) is 10.1. The Morgan fingerprint density at radius 2 is 2.14 bits per heavy atom. The van der Waals surface area contributed by atoms with Crippen LogP contribution in [0.4, 0.5) is 4.39 Å². The van der Waals surface area contributed by atoms with Crippen LogP contribution in [-0.2, 0) is 0 Å². The predicted molar refractivity (Wildman–Crippen MR) is 72.9 cm³/mol. The summed E-state index contributed by atoms with van der Waals surface area (Å²) in [4.78, 5) is 15.4. The van der Waals surface area contributed by atoms with Gasteiger partial charge in [-0.1, -0.05) is 6.07 Å². The van der Waals surface area contributed by atoms with Gasteiger partial charge < -0.3 is 14.3 Å². The van der Waals surface area contributed by atoms with E-state index in [0.717, 1.165) is 0 Å². The van der Waals surface area contributed by atoms with Gasteiger partial charge in [-0.2, -0.15) is 0 Å². The molecule has 0 saturated heterocycles. The predicted octanol–water partition coefficient (Wildman–Crippen LogP) is 3.34. The minimum Gasteiger partial charge on any atom is -0.494 e. The van der Waals surface area contributed by atoms with Crippen LogP contribution >= 0.6 is 0 Å². The van der Waals surface area contributed by atoms with Gasteiger partial charge in [0.05, 0.1) is 7.11 Å². The Labute approximate surface area is 118 Å². The van der Waals surface area contributed by atoms with Gasteiger partial charge in [-0.15, -0.1) is 0 Å². The maximum absolute atomic E-state index is 13.4. The van der Waals surface area contributed by atoms with Crippen molar-refractivity contribution in [1.29, 1.82) is 0 Å². The first-order valence-corrected chi connectivity index (χ1v) is 6.07. The van der Waals surface area contributed by atoms with E-state index in [1.807, 2.05) is 0 Å². The molecule has 3 rings (SSSR count). The van der Waals surface area contributed by atoms with E-state index in [-0.39, 0.29) is 22.8 Å². The van der Waals surface area contributed by atoms with Crippen molar-refractivity contribution in [3.05, 3.63) is 47.8 Å². The molecule has 0 bridgehead atoms. The van der Waals surface area contributed by atoms with Crippen molar-refractivity contribution in [2.75, 3.05) is 7.11 Å². The van der Waals surface area contributed by atoms with Crippen LogP contribution in [0.2, 0.25) is 0 Å². The largest absolute Gasteiger partial charge is 0.494 e. The first kappa shape index (κ1) is 13.1. The number of carboxylic acid groups (broad SMARTS) is 1. The molecule has 106 valence electrons. The molecule has 0 unspecified atom stereocenters. The van der Waals surface area contributed by atoms with Crippen molar-refractivity contribution in [1.82, 2.24) is 4.98 Å². The van der Waals surface area contributed by atoms with Gasteiger partial charge in [-0.05, 0) is 30.3 Å². The van der Waals surface area contributed by atoms with Crippen LogP contribution in [0.25, 0.3) is 22.6 Å². The molecule has 3 aromatic rings.